The van der Waals surface area contributed by atoms with Crippen LogP contribution in [-0.4, -0.2) is 33.1 Å². The maximum atomic E-state index is 12.3. The summed E-state index contributed by atoms with van der Waals surface area (Å²) in [6, 6.07) is 8.66. The van der Waals surface area contributed by atoms with Crippen LogP contribution in [0.4, 0.5) is 23.7 Å². The molecule has 10 heteroatoms. The predicted molar refractivity (Wildman–Crippen MR) is 75.5 cm³/mol. The molecule has 0 spiro atoms. The van der Waals surface area contributed by atoms with E-state index in [2.05, 4.69) is 10.4 Å². The zero-order valence-corrected chi connectivity index (χ0v) is 12.1. The molecule has 1 aromatic carbocycles. The number of carboxylic acid groups (broad SMARTS) is 1. The summed E-state index contributed by atoms with van der Waals surface area (Å²) in [6.07, 6.45) is -4.80. The quantitative estimate of drug-likeness (QED) is 0.871. The minimum atomic E-state index is -4.58. The first-order valence-electron chi connectivity index (χ1n) is 6.60. The first-order valence-corrected chi connectivity index (χ1v) is 6.60. The molecule has 2 rings (SSSR count). The number of hydrogen-bond donors (Lipinski definition) is 2. The summed E-state index contributed by atoms with van der Waals surface area (Å²) in [4.78, 5) is 22.7. The van der Waals surface area contributed by atoms with E-state index in [1.54, 1.807) is 30.3 Å². The van der Waals surface area contributed by atoms with Crippen molar-refractivity contribution in [3.05, 3.63) is 47.8 Å². The van der Waals surface area contributed by atoms with E-state index in [4.69, 9.17) is 9.84 Å². The fraction of sp³-hybridized carbons (Fsp3) is 0.214. The van der Waals surface area contributed by atoms with Gasteiger partial charge in [-0.15, -0.1) is 0 Å². The van der Waals surface area contributed by atoms with E-state index in [9.17, 15) is 22.8 Å². The second-order valence-corrected chi connectivity index (χ2v) is 4.70. The Kier molecular flexibility index (Phi) is 5.07. The average molecular weight is 343 g/mol. The Morgan fingerprint density at radius 3 is 2.50 bits per heavy atom. The molecule has 128 valence electrons. The van der Waals surface area contributed by atoms with Gasteiger partial charge < -0.3 is 9.84 Å². The Bertz CT molecular complexity index is 729. The van der Waals surface area contributed by atoms with Crippen molar-refractivity contribution in [2.75, 3.05) is 5.32 Å². The zero-order chi connectivity index (χ0) is 17.7. The molecule has 1 heterocycles. The number of aromatic nitrogens is 2. The van der Waals surface area contributed by atoms with Gasteiger partial charge in [-0.3, -0.25) is 10.00 Å². The molecule has 0 unspecified atom stereocenters. The van der Waals surface area contributed by atoms with Gasteiger partial charge in [0.15, 0.2) is 5.69 Å². The number of halogens is 3. The highest BCUT2D eigenvalue weighted by molar-refractivity contribution is 5.96. The summed E-state index contributed by atoms with van der Waals surface area (Å²) in [5.41, 5.74) is -0.403. The molecule has 2 N–H and O–H groups in total. The number of ether oxygens (including phenoxy) is 1. The molecular weight excluding hydrogens is 331 g/mol. The van der Waals surface area contributed by atoms with Crippen LogP contribution in [0.3, 0.4) is 0 Å². The van der Waals surface area contributed by atoms with Gasteiger partial charge in [0.05, 0.1) is 5.69 Å². The average Bonchev–Trinajstić information content (AvgIpc) is 2.86. The predicted octanol–water partition coefficient (Wildman–Crippen LogP) is 2.89. The van der Waals surface area contributed by atoms with Gasteiger partial charge in [-0.1, -0.05) is 30.3 Å². The number of alkyl halides is 3. The largest absolute Gasteiger partial charge is 0.476 e. The topological polar surface area (TPSA) is 93.5 Å². The summed E-state index contributed by atoms with van der Waals surface area (Å²) in [7, 11) is 0. The van der Waals surface area contributed by atoms with Crippen molar-refractivity contribution in [1.29, 1.82) is 0 Å². The van der Waals surface area contributed by atoms with E-state index in [-0.39, 0.29) is 12.3 Å². The van der Waals surface area contributed by atoms with Crippen molar-refractivity contribution in [3.63, 3.8) is 0 Å². The van der Waals surface area contributed by atoms with Gasteiger partial charge >= 0.3 is 18.2 Å². The number of carbonyl (C=O) groups excluding carboxylic acids is 1. The molecular formula is C14H12F3N3O4. The first kappa shape index (κ1) is 17.3. The minimum Gasteiger partial charge on any atom is -0.476 e. The summed E-state index contributed by atoms with van der Waals surface area (Å²) in [5.74, 6) is -1.57. The Morgan fingerprint density at radius 1 is 1.25 bits per heavy atom. The third kappa shape index (κ3) is 5.00. The third-order valence-corrected chi connectivity index (χ3v) is 2.76. The summed E-state index contributed by atoms with van der Waals surface area (Å²) >= 11 is 0. The van der Waals surface area contributed by atoms with E-state index in [1.165, 1.54) is 0 Å². The summed E-state index contributed by atoms with van der Waals surface area (Å²) < 4.78 is 42.3. The molecule has 0 bridgehead atoms. The van der Waals surface area contributed by atoms with Crippen molar-refractivity contribution in [1.82, 2.24) is 9.78 Å². The molecule has 0 atom stereocenters. The van der Waals surface area contributed by atoms with Crippen LogP contribution in [0.2, 0.25) is 0 Å². The van der Waals surface area contributed by atoms with Crippen molar-refractivity contribution in [2.24, 2.45) is 0 Å². The van der Waals surface area contributed by atoms with E-state index < -0.39 is 30.5 Å². The first-order chi connectivity index (χ1) is 11.2. The maximum Gasteiger partial charge on any atom is 0.412 e. The highest BCUT2D eigenvalue weighted by Gasteiger charge is 2.30. The molecule has 1 aromatic heterocycles. The molecule has 0 aliphatic heterocycles. The summed E-state index contributed by atoms with van der Waals surface area (Å²) in [6.45, 7) is -1.56. The van der Waals surface area contributed by atoms with Gasteiger partial charge in [0.2, 0.25) is 0 Å². The Balaban J connectivity index is 2.04. The highest BCUT2D eigenvalue weighted by Crippen LogP contribution is 2.20. The molecule has 7 nitrogen and oxygen atoms in total. The molecule has 0 radical (unpaired) electrons. The van der Waals surface area contributed by atoms with Crippen LogP contribution in [0.15, 0.2) is 36.5 Å². The molecule has 24 heavy (non-hydrogen) atoms. The highest BCUT2D eigenvalue weighted by atomic mass is 19.4. The van der Waals surface area contributed by atoms with Gasteiger partial charge in [0.1, 0.15) is 13.2 Å². The smallest absolute Gasteiger partial charge is 0.412 e. The fourth-order valence-electron chi connectivity index (χ4n) is 1.80. The van der Waals surface area contributed by atoms with Crippen LogP contribution in [0.1, 0.15) is 16.1 Å². The molecule has 2 aromatic rings. The summed E-state index contributed by atoms with van der Waals surface area (Å²) in [5, 5.41) is 14.3. The third-order valence-electron chi connectivity index (χ3n) is 2.76. The second-order valence-electron chi connectivity index (χ2n) is 4.70. The number of carbonyl (C=O) groups is 2. The van der Waals surface area contributed by atoms with Gasteiger partial charge in [0, 0.05) is 6.20 Å². The molecule has 0 aliphatic rings. The molecule has 0 aliphatic carbocycles. The molecule has 0 saturated carbocycles. The maximum absolute atomic E-state index is 12.3. The Morgan fingerprint density at radius 2 is 1.92 bits per heavy atom. The lowest BCUT2D eigenvalue weighted by Crippen LogP contribution is -2.18. The van der Waals surface area contributed by atoms with Crippen LogP contribution in [0, 0.1) is 0 Å². The van der Waals surface area contributed by atoms with Crippen LogP contribution in [0.5, 0.6) is 0 Å². The van der Waals surface area contributed by atoms with E-state index >= 15 is 0 Å². The van der Waals surface area contributed by atoms with Crippen LogP contribution >= 0.6 is 0 Å². The van der Waals surface area contributed by atoms with Gasteiger partial charge in [-0.25, -0.2) is 9.59 Å². The fourth-order valence-corrected chi connectivity index (χ4v) is 1.80. The number of nitrogens with zero attached hydrogens (tertiary/aromatic N) is 2. The normalized spacial score (nSPS) is 11.1. The number of aromatic carboxylic acids is 1. The standard InChI is InChI=1S/C14H12F3N3O4/c15-14(16,17)8-20-6-10(11(19-20)12(21)22)18-13(23)24-7-9-4-2-1-3-5-9/h1-6H,7-8H2,(H,18,23)(H,21,22). The number of carboxylic acids is 1. The van der Waals surface area contributed by atoms with Crippen LogP contribution in [0.25, 0.3) is 0 Å². The van der Waals surface area contributed by atoms with Gasteiger partial charge in [-0.2, -0.15) is 18.3 Å². The van der Waals surface area contributed by atoms with E-state index in [0.29, 0.717) is 10.2 Å². The lowest BCUT2D eigenvalue weighted by atomic mass is 10.2. The molecule has 0 fully saturated rings. The van der Waals surface area contributed by atoms with Gasteiger partial charge in [-0.05, 0) is 5.56 Å². The molecule has 0 saturated heterocycles. The lowest BCUT2D eigenvalue weighted by molar-refractivity contribution is -0.142. The number of nitrogens with one attached hydrogen (secondary N) is 1. The van der Waals surface area contributed by atoms with Crippen molar-refractivity contribution in [3.8, 4) is 0 Å². The number of anilines is 1. The monoisotopic (exact) mass is 343 g/mol. The van der Waals surface area contributed by atoms with Gasteiger partial charge in [0.25, 0.3) is 0 Å². The second kappa shape index (κ2) is 7.02. The van der Waals surface area contributed by atoms with Crippen LogP contribution < -0.4 is 5.32 Å². The van der Waals surface area contributed by atoms with Crippen LogP contribution in [-0.2, 0) is 17.9 Å². The van der Waals surface area contributed by atoms with Crippen molar-refractivity contribution in [2.45, 2.75) is 19.3 Å². The minimum absolute atomic E-state index is 0.0776. The van der Waals surface area contributed by atoms with E-state index in [1.807, 2.05) is 0 Å². The molecule has 1 amide bonds. The SMILES string of the molecule is O=C(Nc1cn(CC(F)(F)F)nc1C(=O)O)OCc1ccccc1. The van der Waals surface area contributed by atoms with Crippen molar-refractivity contribution < 1.29 is 32.6 Å². The lowest BCUT2D eigenvalue weighted by Gasteiger charge is -2.06. The van der Waals surface area contributed by atoms with E-state index in [0.717, 1.165) is 6.20 Å². The Hall–Kier alpha value is -3.04. The number of benzene rings is 1. The Labute approximate surface area is 133 Å². The number of amides is 1. The number of hydrogen-bond acceptors (Lipinski definition) is 4. The van der Waals surface area contributed by atoms with Crippen molar-refractivity contribution >= 4 is 17.7 Å². The number of rotatable bonds is 5. The zero-order valence-electron chi connectivity index (χ0n) is 12.1.